The zero-order valence-corrected chi connectivity index (χ0v) is 13.0. The smallest absolute Gasteiger partial charge is 0.220 e. The normalized spacial score (nSPS) is 12.8. The van der Waals surface area contributed by atoms with Gasteiger partial charge < -0.3 is 11.1 Å². The van der Waals surface area contributed by atoms with E-state index in [9.17, 15) is 4.79 Å². The zero-order valence-electron chi connectivity index (χ0n) is 10.6. The third kappa shape index (κ3) is 7.16. The highest BCUT2D eigenvalue weighted by molar-refractivity contribution is 7.09. The van der Waals surface area contributed by atoms with Gasteiger partial charge in [-0.15, -0.1) is 36.2 Å². The molecule has 0 bridgehead atoms. The number of hydrogen-bond acceptors (Lipinski definition) is 4. The Kier molecular flexibility index (Phi) is 11.7. The summed E-state index contributed by atoms with van der Waals surface area (Å²) < 4.78 is 0. The number of amides is 1. The first-order valence-electron chi connectivity index (χ1n) is 5.57. The number of thiazole rings is 1. The van der Waals surface area contributed by atoms with Crippen molar-refractivity contribution >= 4 is 42.1 Å². The first-order valence-corrected chi connectivity index (χ1v) is 6.45. The number of nitrogens with one attached hydrogen (secondary N) is 1. The molecule has 1 aromatic heterocycles. The summed E-state index contributed by atoms with van der Waals surface area (Å²) in [5.41, 5.74) is 5.61. The number of carbonyl (C=O) groups is 1. The number of halogens is 2. The van der Waals surface area contributed by atoms with Crippen molar-refractivity contribution < 1.29 is 4.79 Å². The minimum absolute atomic E-state index is 0. The molecule has 18 heavy (non-hydrogen) atoms. The molecule has 106 valence electrons. The Morgan fingerprint density at radius 3 is 2.67 bits per heavy atom. The Balaban J connectivity index is 0. The molecule has 0 aliphatic rings. The SMILES string of the molecule is CCC(NC(=O)CCC(C)N)c1nccs1.Cl.Cl. The van der Waals surface area contributed by atoms with Crippen molar-refractivity contribution in [1.29, 1.82) is 0 Å². The van der Waals surface area contributed by atoms with Gasteiger partial charge >= 0.3 is 0 Å². The fourth-order valence-electron chi connectivity index (χ4n) is 1.37. The lowest BCUT2D eigenvalue weighted by atomic mass is 10.1. The number of nitrogens with two attached hydrogens (primary N) is 1. The second-order valence-electron chi connectivity index (χ2n) is 3.91. The maximum absolute atomic E-state index is 11.6. The van der Waals surface area contributed by atoms with Gasteiger partial charge in [0.1, 0.15) is 5.01 Å². The minimum Gasteiger partial charge on any atom is -0.347 e. The highest BCUT2D eigenvalue weighted by Gasteiger charge is 2.14. The van der Waals surface area contributed by atoms with E-state index in [1.807, 2.05) is 19.2 Å². The van der Waals surface area contributed by atoms with Crippen LogP contribution in [0.1, 0.15) is 44.2 Å². The quantitative estimate of drug-likeness (QED) is 0.848. The number of carbonyl (C=O) groups excluding carboxylic acids is 1. The van der Waals surface area contributed by atoms with E-state index in [4.69, 9.17) is 5.73 Å². The van der Waals surface area contributed by atoms with Crippen molar-refractivity contribution in [2.75, 3.05) is 0 Å². The molecule has 0 aromatic carbocycles. The maximum Gasteiger partial charge on any atom is 0.220 e. The summed E-state index contributed by atoms with van der Waals surface area (Å²) in [6.07, 6.45) is 3.83. The highest BCUT2D eigenvalue weighted by Crippen LogP contribution is 2.18. The lowest BCUT2D eigenvalue weighted by Crippen LogP contribution is -2.29. The van der Waals surface area contributed by atoms with Crippen LogP contribution in [0.4, 0.5) is 0 Å². The van der Waals surface area contributed by atoms with E-state index in [0.717, 1.165) is 17.8 Å². The molecule has 0 spiro atoms. The molecule has 7 heteroatoms. The number of nitrogens with zero attached hydrogens (tertiary/aromatic N) is 1. The van der Waals surface area contributed by atoms with Gasteiger partial charge in [0.15, 0.2) is 0 Å². The molecule has 4 nitrogen and oxygen atoms in total. The lowest BCUT2D eigenvalue weighted by molar-refractivity contribution is -0.122. The molecule has 0 radical (unpaired) electrons. The molecule has 1 aromatic rings. The third-order valence-electron chi connectivity index (χ3n) is 2.32. The van der Waals surface area contributed by atoms with E-state index in [1.165, 1.54) is 0 Å². The van der Waals surface area contributed by atoms with Crippen LogP contribution in [-0.2, 0) is 4.79 Å². The van der Waals surface area contributed by atoms with Crippen molar-refractivity contribution in [3.05, 3.63) is 16.6 Å². The molecule has 0 saturated carbocycles. The van der Waals surface area contributed by atoms with Crippen molar-refractivity contribution in [3.63, 3.8) is 0 Å². The molecule has 0 fully saturated rings. The Labute approximate surface area is 125 Å². The van der Waals surface area contributed by atoms with E-state index < -0.39 is 0 Å². The zero-order chi connectivity index (χ0) is 12.0. The van der Waals surface area contributed by atoms with Gasteiger partial charge in [0.2, 0.25) is 5.91 Å². The van der Waals surface area contributed by atoms with Crippen LogP contribution in [0, 0.1) is 0 Å². The molecule has 1 rings (SSSR count). The van der Waals surface area contributed by atoms with Gasteiger partial charge in [-0.05, 0) is 19.8 Å². The Bertz CT molecular complexity index is 320. The van der Waals surface area contributed by atoms with Gasteiger partial charge in [0.05, 0.1) is 6.04 Å². The van der Waals surface area contributed by atoms with Gasteiger partial charge in [-0.3, -0.25) is 4.79 Å². The van der Waals surface area contributed by atoms with E-state index in [-0.39, 0.29) is 42.8 Å². The van der Waals surface area contributed by atoms with Crippen LogP contribution in [-0.4, -0.2) is 16.9 Å². The van der Waals surface area contributed by atoms with E-state index in [2.05, 4.69) is 10.3 Å². The second-order valence-corrected chi connectivity index (χ2v) is 4.84. The number of rotatable bonds is 6. The first kappa shape index (κ1) is 20.0. The summed E-state index contributed by atoms with van der Waals surface area (Å²) in [5, 5.41) is 5.87. The van der Waals surface area contributed by atoms with Crippen molar-refractivity contribution in [3.8, 4) is 0 Å². The predicted octanol–water partition coefficient (Wildman–Crippen LogP) is 2.68. The summed E-state index contributed by atoms with van der Waals surface area (Å²) in [6.45, 7) is 3.95. The van der Waals surface area contributed by atoms with Gasteiger partial charge in [0, 0.05) is 24.0 Å². The number of hydrogen-bond donors (Lipinski definition) is 2. The third-order valence-corrected chi connectivity index (χ3v) is 3.21. The molecule has 0 aliphatic heterocycles. The fraction of sp³-hybridized carbons (Fsp3) is 0.636. The van der Waals surface area contributed by atoms with E-state index in [1.54, 1.807) is 17.5 Å². The average Bonchev–Trinajstić information content (AvgIpc) is 2.76. The molecule has 2 atom stereocenters. The van der Waals surface area contributed by atoms with Crippen LogP contribution < -0.4 is 11.1 Å². The van der Waals surface area contributed by atoms with Crippen LogP contribution in [0.2, 0.25) is 0 Å². The molecular formula is C11H21Cl2N3OS. The fourth-order valence-corrected chi connectivity index (χ4v) is 2.14. The molecule has 1 heterocycles. The van der Waals surface area contributed by atoms with E-state index >= 15 is 0 Å². The Morgan fingerprint density at radius 1 is 1.56 bits per heavy atom. The number of aromatic nitrogens is 1. The monoisotopic (exact) mass is 313 g/mol. The summed E-state index contributed by atoms with van der Waals surface area (Å²) in [4.78, 5) is 15.8. The van der Waals surface area contributed by atoms with Gasteiger partial charge in [-0.2, -0.15) is 0 Å². The molecular weight excluding hydrogens is 293 g/mol. The van der Waals surface area contributed by atoms with E-state index in [0.29, 0.717) is 6.42 Å². The first-order chi connectivity index (χ1) is 7.63. The summed E-state index contributed by atoms with van der Waals surface area (Å²) >= 11 is 1.57. The van der Waals surface area contributed by atoms with Crippen molar-refractivity contribution in [2.45, 2.75) is 45.2 Å². The second kappa shape index (κ2) is 10.6. The summed E-state index contributed by atoms with van der Waals surface area (Å²) in [5.74, 6) is 0.0550. The molecule has 0 aliphatic carbocycles. The maximum atomic E-state index is 11.6. The minimum atomic E-state index is 0. The summed E-state index contributed by atoms with van der Waals surface area (Å²) in [6, 6.07) is 0.117. The van der Waals surface area contributed by atoms with Crippen LogP contribution in [0.15, 0.2) is 11.6 Å². The van der Waals surface area contributed by atoms with Gasteiger partial charge in [0.25, 0.3) is 0 Å². The van der Waals surface area contributed by atoms with Crippen molar-refractivity contribution in [1.82, 2.24) is 10.3 Å². The lowest BCUT2D eigenvalue weighted by Gasteiger charge is -2.14. The Hall–Kier alpha value is -0.360. The van der Waals surface area contributed by atoms with Crippen molar-refractivity contribution in [2.24, 2.45) is 5.73 Å². The summed E-state index contributed by atoms with van der Waals surface area (Å²) in [7, 11) is 0. The highest BCUT2D eigenvalue weighted by atomic mass is 35.5. The standard InChI is InChI=1S/C11H19N3OS.2ClH/c1-3-9(11-13-6-7-16-11)14-10(15)5-4-8(2)12;;/h6-9H,3-5,12H2,1-2H3,(H,14,15);2*1H. The molecule has 1 amide bonds. The van der Waals surface area contributed by atoms with Gasteiger partial charge in [-0.1, -0.05) is 6.92 Å². The largest absolute Gasteiger partial charge is 0.347 e. The molecule has 3 N–H and O–H groups in total. The average molecular weight is 314 g/mol. The van der Waals surface area contributed by atoms with Gasteiger partial charge in [-0.25, -0.2) is 4.98 Å². The van der Waals surface area contributed by atoms with Crippen LogP contribution in [0.3, 0.4) is 0 Å². The molecule has 0 saturated heterocycles. The van der Waals surface area contributed by atoms with Crippen LogP contribution >= 0.6 is 36.2 Å². The topological polar surface area (TPSA) is 68.0 Å². The van der Waals surface area contributed by atoms with Crippen LogP contribution in [0.25, 0.3) is 0 Å². The predicted molar refractivity (Wildman–Crippen MR) is 80.7 cm³/mol. The van der Waals surface area contributed by atoms with Crippen LogP contribution in [0.5, 0.6) is 0 Å². The molecule has 2 unspecified atom stereocenters. The Morgan fingerprint density at radius 2 is 2.22 bits per heavy atom.